The molecule has 0 aliphatic rings. The van der Waals surface area contributed by atoms with Gasteiger partial charge in [-0.05, 0) is 19.1 Å². The van der Waals surface area contributed by atoms with Crippen molar-refractivity contribution in [1.82, 2.24) is 15.6 Å². The van der Waals surface area contributed by atoms with Crippen molar-refractivity contribution >= 4 is 24.4 Å². The van der Waals surface area contributed by atoms with E-state index in [0.717, 1.165) is 5.69 Å². The molecule has 2 unspecified atom stereocenters. The number of pyridine rings is 1. The van der Waals surface area contributed by atoms with Gasteiger partial charge >= 0.3 is 0 Å². The van der Waals surface area contributed by atoms with Crippen molar-refractivity contribution in [2.45, 2.75) is 25.9 Å². The largest absolute Gasteiger partial charge is 0.346 e. The van der Waals surface area contributed by atoms with E-state index in [9.17, 15) is 9.59 Å². The van der Waals surface area contributed by atoms with Gasteiger partial charge < -0.3 is 10.6 Å². The minimum atomic E-state index is -0.628. The topological polar surface area (TPSA) is 71.1 Å². The van der Waals surface area contributed by atoms with Crippen LogP contribution in [0.1, 0.15) is 25.6 Å². The third-order valence-corrected chi connectivity index (χ3v) is 2.73. The van der Waals surface area contributed by atoms with E-state index in [1.54, 1.807) is 6.20 Å². The maximum Gasteiger partial charge on any atom is 0.243 e. The van der Waals surface area contributed by atoms with Crippen LogP contribution >= 0.6 is 12.6 Å². The van der Waals surface area contributed by atoms with Crippen molar-refractivity contribution in [3.05, 3.63) is 30.1 Å². The van der Waals surface area contributed by atoms with Crippen molar-refractivity contribution in [3.63, 3.8) is 0 Å². The number of aromatic nitrogens is 1. The van der Waals surface area contributed by atoms with Crippen LogP contribution in [0.4, 0.5) is 0 Å². The molecule has 5 nitrogen and oxygen atoms in total. The zero-order chi connectivity index (χ0) is 13.5. The molecule has 1 rings (SSSR count). The second-order valence-electron chi connectivity index (χ2n) is 3.92. The molecule has 0 saturated carbocycles. The molecule has 6 heteroatoms. The Bertz CT molecular complexity index is 411. The fourth-order valence-corrected chi connectivity index (χ4v) is 1.72. The maximum atomic E-state index is 11.9. The number of amides is 2. The summed E-state index contributed by atoms with van der Waals surface area (Å²) < 4.78 is 0. The van der Waals surface area contributed by atoms with Gasteiger partial charge in [0.2, 0.25) is 11.8 Å². The molecule has 0 radical (unpaired) electrons. The molecule has 0 aromatic carbocycles. The van der Waals surface area contributed by atoms with Crippen LogP contribution in [0.5, 0.6) is 0 Å². The van der Waals surface area contributed by atoms with E-state index in [2.05, 4.69) is 28.2 Å². The Kier molecular flexibility index (Phi) is 5.64. The summed E-state index contributed by atoms with van der Waals surface area (Å²) in [5, 5.41) is 5.33. The predicted octanol–water partition coefficient (Wildman–Crippen LogP) is 0.693. The molecule has 0 aliphatic carbocycles. The minimum absolute atomic E-state index is 0.213. The maximum absolute atomic E-state index is 11.9. The Morgan fingerprint density at radius 3 is 2.61 bits per heavy atom. The Hall–Kier alpha value is -1.56. The lowest BCUT2D eigenvalue weighted by Crippen LogP contribution is -2.47. The highest BCUT2D eigenvalue weighted by atomic mass is 32.1. The Morgan fingerprint density at radius 2 is 2.11 bits per heavy atom. The monoisotopic (exact) mass is 267 g/mol. The number of hydrogen-bond acceptors (Lipinski definition) is 4. The van der Waals surface area contributed by atoms with Gasteiger partial charge in [0.05, 0.1) is 11.7 Å². The lowest BCUT2D eigenvalue weighted by Gasteiger charge is -2.19. The van der Waals surface area contributed by atoms with Gasteiger partial charge in [-0.1, -0.05) is 6.07 Å². The van der Waals surface area contributed by atoms with Crippen molar-refractivity contribution in [1.29, 1.82) is 0 Å². The second kappa shape index (κ2) is 7.00. The van der Waals surface area contributed by atoms with Gasteiger partial charge in [0, 0.05) is 18.9 Å². The molecule has 0 saturated heterocycles. The molecule has 18 heavy (non-hydrogen) atoms. The van der Waals surface area contributed by atoms with Crippen molar-refractivity contribution < 1.29 is 9.59 Å². The number of nitrogens with zero attached hydrogens (tertiary/aromatic N) is 1. The van der Waals surface area contributed by atoms with Crippen LogP contribution in [-0.4, -0.2) is 28.6 Å². The van der Waals surface area contributed by atoms with Crippen LogP contribution in [-0.2, 0) is 9.59 Å². The number of hydrogen-bond donors (Lipinski definition) is 3. The predicted molar refractivity (Wildman–Crippen MR) is 72.3 cm³/mol. The number of carbonyl (C=O) groups excluding carboxylic acids is 2. The molecule has 98 valence electrons. The smallest absolute Gasteiger partial charge is 0.243 e. The van der Waals surface area contributed by atoms with E-state index >= 15 is 0 Å². The highest BCUT2D eigenvalue weighted by Gasteiger charge is 2.20. The summed E-state index contributed by atoms with van der Waals surface area (Å²) in [4.78, 5) is 27.0. The van der Waals surface area contributed by atoms with Crippen molar-refractivity contribution in [2.24, 2.45) is 0 Å². The summed E-state index contributed by atoms with van der Waals surface area (Å²) >= 11 is 4.05. The lowest BCUT2D eigenvalue weighted by molar-refractivity contribution is -0.127. The Balaban J connectivity index is 2.60. The minimum Gasteiger partial charge on any atom is -0.346 e. The molecule has 0 spiro atoms. The molecular formula is C12H17N3O2S. The van der Waals surface area contributed by atoms with Crippen LogP contribution in [0.15, 0.2) is 24.4 Å². The molecular weight excluding hydrogens is 250 g/mol. The van der Waals surface area contributed by atoms with E-state index in [-0.39, 0.29) is 23.6 Å². The molecule has 0 bridgehead atoms. The van der Waals surface area contributed by atoms with Crippen LogP contribution in [0.2, 0.25) is 0 Å². The zero-order valence-electron chi connectivity index (χ0n) is 10.4. The average Bonchev–Trinajstić information content (AvgIpc) is 2.36. The molecule has 2 atom stereocenters. The molecule has 0 aliphatic heterocycles. The average molecular weight is 267 g/mol. The van der Waals surface area contributed by atoms with Gasteiger partial charge in [0.25, 0.3) is 0 Å². The molecule has 2 amide bonds. The fourth-order valence-electron chi connectivity index (χ4n) is 1.46. The van der Waals surface area contributed by atoms with Crippen LogP contribution in [0.3, 0.4) is 0 Å². The quantitative estimate of drug-likeness (QED) is 0.688. The second-order valence-corrected chi connectivity index (χ2v) is 4.29. The first-order valence-electron chi connectivity index (χ1n) is 5.64. The Labute approximate surface area is 112 Å². The first-order valence-corrected chi connectivity index (χ1v) is 6.27. The van der Waals surface area contributed by atoms with Crippen molar-refractivity contribution in [3.8, 4) is 0 Å². The Morgan fingerprint density at radius 1 is 1.39 bits per heavy atom. The standard InChI is InChI=1S/C12H17N3O2S/c1-8(10-5-3-4-6-13-10)14-12(17)11(7-18)15-9(2)16/h3-6,8,11,18H,7H2,1-2H3,(H,14,17)(H,15,16). The van der Waals surface area contributed by atoms with Crippen LogP contribution in [0, 0.1) is 0 Å². The normalized spacial score (nSPS) is 13.5. The molecule has 1 heterocycles. The lowest BCUT2D eigenvalue weighted by atomic mass is 10.2. The summed E-state index contributed by atoms with van der Waals surface area (Å²) in [5.74, 6) is -0.270. The molecule has 1 aromatic heterocycles. The van der Waals surface area contributed by atoms with E-state index in [0.29, 0.717) is 0 Å². The van der Waals surface area contributed by atoms with Gasteiger partial charge in [-0.15, -0.1) is 0 Å². The zero-order valence-corrected chi connectivity index (χ0v) is 11.3. The van der Waals surface area contributed by atoms with Gasteiger partial charge in [-0.25, -0.2) is 0 Å². The first kappa shape index (κ1) is 14.5. The van der Waals surface area contributed by atoms with E-state index < -0.39 is 6.04 Å². The summed E-state index contributed by atoms with van der Waals surface area (Å²) in [6.07, 6.45) is 1.67. The van der Waals surface area contributed by atoms with Gasteiger partial charge in [0.1, 0.15) is 6.04 Å². The van der Waals surface area contributed by atoms with E-state index in [1.807, 2.05) is 25.1 Å². The summed E-state index contributed by atoms with van der Waals surface area (Å²) in [6, 6.07) is 4.66. The van der Waals surface area contributed by atoms with E-state index in [4.69, 9.17) is 0 Å². The number of carbonyl (C=O) groups is 2. The highest BCUT2D eigenvalue weighted by Crippen LogP contribution is 2.08. The van der Waals surface area contributed by atoms with Crippen LogP contribution < -0.4 is 10.6 Å². The highest BCUT2D eigenvalue weighted by molar-refractivity contribution is 7.80. The molecule has 2 N–H and O–H groups in total. The van der Waals surface area contributed by atoms with Gasteiger partial charge in [-0.3, -0.25) is 14.6 Å². The SMILES string of the molecule is CC(=O)NC(CS)C(=O)NC(C)c1ccccn1. The summed E-state index contributed by atoms with van der Waals surface area (Å²) in [7, 11) is 0. The first-order chi connectivity index (χ1) is 8.54. The fraction of sp³-hybridized carbons (Fsp3) is 0.417. The number of thiol groups is 1. The van der Waals surface area contributed by atoms with Gasteiger partial charge in [0.15, 0.2) is 0 Å². The van der Waals surface area contributed by atoms with Crippen LogP contribution in [0.25, 0.3) is 0 Å². The number of nitrogens with one attached hydrogen (secondary N) is 2. The van der Waals surface area contributed by atoms with Crippen molar-refractivity contribution in [2.75, 3.05) is 5.75 Å². The summed E-state index contributed by atoms with van der Waals surface area (Å²) in [6.45, 7) is 3.20. The van der Waals surface area contributed by atoms with Gasteiger partial charge in [-0.2, -0.15) is 12.6 Å². The third-order valence-electron chi connectivity index (χ3n) is 2.37. The van der Waals surface area contributed by atoms with E-state index in [1.165, 1.54) is 6.92 Å². The molecule has 1 aromatic rings. The number of rotatable bonds is 5. The third kappa shape index (κ3) is 4.37. The molecule has 0 fully saturated rings. The summed E-state index contributed by atoms with van der Waals surface area (Å²) in [5.41, 5.74) is 0.770.